The van der Waals surface area contributed by atoms with Gasteiger partial charge in [0.15, 0.2) is 23.2 Å². The second kappa shape index (κ2) is 26.0. The molecule has 1 fully saturated rings. The molecule has 2 aromatic heterocycles. The molecule has 3 rings (SSSR count). The van der Waals surface area contributed by atoms with Gasteiger partial charge in [0.25, 0.3) is 0 Å². The van der Waals surface area contributed by atoms with Crippen LogP contribution < -0.4 is 16.0 Å². The van der Waals surface area contributed by atoms with Gasteiger partial charge in [0.2, 0.25) is 17.7 Å². The largest absolute Gasteiger partial charge is 0.481 e. The van der Waals surface area contributed by atoms with Gasteiger partial charge in [-0.25, -0.2) is 28.6 Å². The number of thiol groups is 1. The van der Waals surface area contributed by atoms with E-state index in [-0.39, 0.29) is 48.2 Å². The van der Waals surface area contributed by atoms with Crippen LogP contribution in [0.3, 0.4) is 0 Å². The van der Waals surface area contributed by atoms with E-state index in [1.807, 2.05) is 0 Å². The van der Waals surface area contributed by atoms with Crippen molar-refractivity contribution in [3.63, 3.8) is 0 Å². The number of nitrogens with one attached hydrogen (secondary N) is 3. The maximum atomic E-state index is 12.8. The number of ether oxygens (including phenoxy) is 1. The van der Waals surface area contributed by atoms with Crippen LogP contribution in [-0.4, -0.2) is 123 Å². The smallest absolute Gasteiger partial charge is 0.386 e. The van der Waals surface area contributed by atoms with E-state index in [1.165, 1.54) is 58.8 Å². The number of amides is 3. The van der Waals surface area contributed by atoms with Crippen molar-refractivity contribution in [3.8, 4) is 0 Å². The first-order valence-corrected chi connectivity index (χ1v) is 25.8. The number of phosphoric acid groups is 3. The van der Waals surface area contributed by atoms with Crippen LogP contribution in [-0.2, 0) is 50.7 Å². The summed E-state index contributed by atoms with van der Waals surface area (Å²) in [4.78, 5) is 89.1. The predicted octanol–water partition coefficient (Wildman–Crippen LogP) is 3.39. The van der Waals surface area contributed by atoms with Crippen molar-refractivity contribution in [2.24, 2.45) is 5.41 Å². The predicted molar refractivity (Wildman–Crippen MR) is 229 cm³/mol. The van der Waals surface area contributed by atoms with E-state index < -0.39 is 78.6 Å². The van der Waals surface area contributed by atoms with Gasteiger partial charge in [0, 0.05) is 37.1 Å². The van der Waals surface area contributed by atoms with Crippen LogP contribution in [0, 0.1) is 5.41 Å². The van der Waals surface area contributed by atoms with E-state index in [1.54, 1.807) is 0 Å². The second-order valence-corrected chi connectivity index (χ2v) is 20.3. The van der Waals surface area contributed by atoms with Gasteiger partial charge in [-0.05, 0) is 6.42 Å². The zero-order valence-corrected chi connectivity index (χ0v) is 39.1. The molecule has 0 spiro atoms. The van der Waals surface area contributed by atoms with Crippen molar-refractivity contribution in [2.45, 2.75) is 135 Å². The molecule has 0 saturated carbocycles. The second-order valence-electron chi connectivity index (χ2n) is 15.6. The number of carbonyl (C=O) groups excluding carboxylic acids is 3. The fourth-order valence-electron chi connectivity index (χ4n) is 6.35. The number of phosphoric ester groups is 3. The number of rotatable bonds is 31. The van der Waals surface area contributed by atoms with Crippen LogP contribution in [0.25, 0.3) is 11.2 Å². The van der Waals surface area contributed by atoms with E-state index in [9.17, 15) is 57.9 Å². The van der Waals surface area contributed by atoms with Gasteiger partial charge in [-0.2, -0.15) is 16.9 Å². The highest BCUT2D eigenvalue weighted by molar-refractivity contribution is 7.80. The number of unbranched alkanes of at least 4 members (excludes halogenated alkanes) is 10. The molecule has 28 heteroatoms. The number of nitrogens with zero attached hydrogens (tertiary/aromatic N) is 4. The Morgan fingerprint density at radius 2 is 1.49 bits per heavy atom. The Morgan fingerprint density at radius 1 is 0.873 bits per heavy atom. The summed E-state index contributed by atoms with van der Waals surface area (Å²) in [5.41, 5.74) is -1.53. The SMILES string of the molecule is CCCCCCCCCCCCCC(=O)Nc1ncnc2c1ncn2[C@@H]1O[C@H](COP(=O)(O)OP(=O)(O)OCC(C)(C)[C@@H](O)C(=O)NCCC(=O)NCCS)[C@@H](OP(=O)(O)O)[C@H]1O. The van der Waals surface area contributed by atoms with Gasteiger partial charge < -0.3 is 50.5 Å². The molecule has 1 aliphatic heterocycles. The first-order valence-electron chi connectivity index (χ1n) is 20.6. The van der Waals surface area contributed by atoms with Crippen LogP contribution in [0.5, 0.6) is 0 Å². The van der Waals surface area contributed by atoms with Crippen molar-refractivity contribution in [2.75, 3.05) is 37.4 Å². The van der Waals surface area contributed by atoms with Gasteiger partial charge in [-0.3, -0.25) is 32.5 Å². The summed E-state index contributed by atoms with van der Waals surface area (Å²) >= 11 is 3.97. The normalized spacial score (nSPS) is 20.5. The lowest BCUT2D eigenvalue weighted by Gasteiger charge is -2.30. The zero-order valence-electron chi connectivity index (χ0n) is 35.5. The van der Waals surface area contributed by atoms with E-state index >= 15 is 0 Å². The van der Waals surface area contributed by atoms with E-state index in [0.717, 1.165) is 36.5 Å². The molecule has 0 aliphatic carbocycles. The molecule has 360 valence electrons. The quantitative estimate of drug-likeness (QED) is 0.0294. The lowest BCUT2D eigenvalue weighted by molar-refractivity contribution is -0.137. The highest BCUT2D eigenvalue weighted by atomic mass is 32.1. The van der Waals surface area contributed by atoms with E-state index in [0.29, 0.717) is 18.7 Å². The summed E-state index contributed by atoms with van der Waals surface area (Å²) in [5.74, 6) is -1.20. The van der Waals surface area contributed by atoms with Gasteiger partial charge >= 0.3 is 23.5 Å². The molecule has 3 heterocycles. The van der Waals surface area contributed by atoms with Gasteiger partial charge in [-0.15, -0.1) is 0 Å². The van der Waals surface area contributed by atoms with Crippen molar-refractivity contribution in [1.29, 1.82) is 0 Å². The third-order valence-corrected chi connectivity index (χ3v) is 13.1. The Morgan fingerprint density at radius 3 is 2.11 bits per heavy atom. The molecule has 0 radical (unpaired) electrons. The molecule has 24 nitrogen and oxygen atoms in total. The molecule has 2 aromatic rings. The summed E-state index contributed by atoms with van der Waals surface area (Å²) in [6.07, 6.45) is 5.62. The third-order valence-electron chi connectivity index (χ3n) is 9.75. The lowest BCUT2D eigenvalue weighted by Crippen LogP contribution is -2.46. The number of hydrogen-bond donors (Lipinski definition) is 10. The molecule has 9 N–H and O–H groups in total. The van der Waals surface area contributed by atoms with Crippen molar-refractivity contribution in [1.82, 2.24) is 30.2 Å². The lowest BCUT2D eigenvalue weighted by atomic mass is 9.87. The van der Waals surface area contributed by atoms with Gasteiger partial charge in [-0.1, -0.05) is 85.0 Å². The molecular weight excluding hydrogens is 915 g/mol. The molecule has 3 amide bonds. The Bertz CT molecular complexity index is 1920. The van der Waals surface area contributed by atoms with Crippen LogP contribution in [0.1, 0.15) is 110 Å². The number of aliphatic hydroxyl groups excluding tert-OH is 2. The number of carbonyl (C=O) groups is 3. The number of aliphatic hydroxyl groups is 2. The van der Waals surface area contributed by atoms with Gasteiger partial charge in [0.1, 0.15) is 30.7 Å². The zero-order chi connectivity index (χ0) is 46.8. The summed E-state index contributed by atoms with van der Waals surface area (Å²) in [6, 6.07) is 0. The summed E-state index contributed by atoms with van der Waals surface area (Å²) in [5, 5.41) is 29.3. The highest BCUT2D eigenvalue weighted by Crippen LogP contribution is 2.61. The first-order chi connectivity index (χ1) is 29.6. The summed E-state index contributed by atoms with van der Waals surface area (Å²) in [6.45, 7) is 2.86. The minimum Gasteiger partial charge on any atom is -0.386 e. The minimum atomic E-state index is -5.60. The molecule has 0 aromatic carbocycles. The Kier molecular flexibility index (Phi) is 22.7. The average Bonchev–Trinajstić information content (AvgIpc) is 3.76. The molecular formula is C35H62N7O17P3S. The fourth-order valence-corrected chi connectivity index (χ4v) is 9.29. The number of anilines is 1. The standard InChI is InChI=1S/C35H62N7O17P3S/c1-4-5-6-7-8-9-10-11-12-13-14-15-26(44)41-31-27-32(39-22-38-31)42(23-40-27)34-28(45)29(58-60(48,49)50)24(57-34)20-55-61(51,52)59-62(53,54)56-21-35(2,3)30(46)33(47)37-17-16-25(43)36-18-19-63/h22-24,28-30,34,45-46,63H,4-21H2,1-3H3,(H,36,43)(H,37,47)(H,51,52)(H,53,54)(H2,48,49,50)(H,38,39,41,44)/t24-,28-,29-,30+,34-/m1/s1. The van der Waals surface area contributed by atoms with Crippen molar-refractivity contribution < 1.29 is 80.5 Å². The summed E-state index contributed by atoms with van der Waals surface area (Å²) < 4.78 is 62.9. The van der Waals surface area contributed by atoms with Crippen LogP contribution >= 0.6 is 36.1 Å². The Balaban J connectivity index is 1.58. The monoisotopic (exact) mass is 977 g/mol. The number of imidazole rings is 1. The van der Waals surface area contributed by atoms with E-state index in [2.05, 4.69) is 54.8 Å². The van der Waals surface area contributed by atoms with Gasteiger partial charge in [0.05, 0.1) is 19.5 Å². The molecule has 2 unspecified atom stereocenters. The number of aromatic nitrogens is 4. The molecule has 0 bridgehead atoms. The Labute approximate surface area is 370 Å². The van der Waals surface area contributed by atoms with Crippen molar-refractivity contribution in [3.05, 3.63) is 12.7 Å². The Hall–Kier alpha value is -2.44. The summed E-state index contributed by atoms with van der Waals surface area (Å²) in [7, 11) is -16.5. The maximum absolute atomic E-state index is 12.8. The molecule has 1 aliphatic rings. The van der Waals surface area contributed by atoms with Crippen molar-refractivity contribution >= 4 is 70.8 Å². The fraction of sp³-hybridized carbons (Fsp3) is 0.771. The average molecular weight is 978 g/mol. The van der Waals surface area contributed by atoms with Crippen LogP contribution in [0.15, 0.2) is 12.7 Å². The van der Waals surface area contributed by atoms with Crippen LogP contribution in [0.4, 0.5) is 5.82 Å². The van der Waals surface area contributed by atoms with E-state index in [4.69, 9.17) is 18.3 Å². The van der Waals surface area contributed by atoms with Crippen LogP contribution in [0.2, 0.25) is 0 Å². The molecule has 1 saturated heterocycles. The number of fused-ring (bicyclic) bond motifs is 1. The minimum absolute atomic E-state index is 0.00270. The molecule has 63 heavy (non-hydrogen) atoms. The topological polar surface area (TPSA) is 350 Å². The molecule has 7 atom stereocenters. The first kappa shape index (κ1) is 54.9. The maximum Gasteiger partial charge on any atom is 0.481 e. The number of hydrogen-bond acceptors (Lipinski definition) is 17. The highest BCUT2D eigenvalue weighted by Gasteiger charge is 2.50. The third kappa shape index (κ3) is 19.1.